The Kier molecular flexibility index (Phi) is 9.66. The maximum atomic E-state index is 9.51. The van der Waals surface area contributed by atoms with Crippen molar-refractivity contribution in [3.63, 3.8) is 0 Å². The van der Waals surface area contributed by atoms with Gasteiger partial charge in [0.15, 0.2) is 0 Å². The van der Waals surface area contributed by atoms with Crippen LogP contribution in [0.25, 0.3) is 11.3 Å². The number of aromatic hydroxyl groups is 1. The van der Waals surface area contributed by atoms with Crippen molar-refractivity contribution in [3.8, 4) is 16.5 Å². The Balaban J connectivity index is 1.77. The number of hydrogen-bond acceptors (Lipinski definition) is 8. The summed E-state index contributed by atoms with van der Waals surface area (Å²) in [6, 6.07) is 5.47. The molecular weight excluding hydrogens is 493 g/mol. The molecule has 174 valence electrons. The summed E-state index contributed by atoms with van der Waals surface area (Å²) in [6.07, 6.45) is 3.11. The molecule has 3 atom stereocenters. The molecule has 0 aliphatic carbocycles. The van der Waals surface area contributed by atoms with Gasteiger partial charge in [-0.1, -0.05) is 46.3 Å². The zero-order valence-corrected chi connectivity index (χ0v) is 21.0. The zero-order chi connectivity index (χ0) is 23.1. The Morgan fingerprint density at radius 2 is 2.09 bits per heavy atom. The van der Waals surface area contributed by atoms with Crippen LogP contribution in [-0.2, 0) is 20.8 Å². The van der Waals surface area contributed by atoms with Gasteiger partial charge in [-0.3, -0.25) is 4.68 Å². The number of halogens is 2. The SMILES string of the molecule is CCOCC(C)OC(Sc1ccc(Cl)c(Cl)c1)[C@H](Cn1cc(-c2csc(O)n2)cn1)OC. The van der Waals surface area contributed by atoms with E-state index in [4.69, 9.17) is 37.4 Å². The lowest BCUT2D eigenvalue weighted by Gasteiger charge is -2.28. The quantitative estimate of drug-likeness (QED) is 0.247. The first kappa shape index (κ1) is 25.3. The number of benzene rings is 1. The van der Waals surface area contributed by atoms with Gasteiger partial charge in [0, 0.05) is 35.8 Å². The number of rotatable bonds is 12. The van der Waals surface area contributed by atoms with Crippen molar-refractivity contribution in [3.05, 3.63) is 46.0 Å². The van der Waals surface area contributed by atoms with Gasteiger partial charge in [0.1, 0.15) is 11.5 Å². The molecule has 0 saturated heterocycles. The fraction of sp³-hybridized carbons (Fsp3) is 0.429. The fourth-order valence-corrected chi connectivity index (χ4v) is 4.99. The Bertz CT molecular complexity index is 1000. The second-order valence-corrected chi connectivity index (χ2v) is 9.73. The molecule has 0 spiro atoms. The molecule has 0 aliphatic rings. The van der Waals surface area contributed by atoms with Crippen LogP contribution >= 0.6 is 46.3 Å². The van der Waals surface area contributed by atoms with Crippen LogP contribution < -0.4 is 0 Å². The van der Waals surface area contributed by atoms with Crippen LogP contribution in [0.4, 0.5) is 0 Å². The molecule has 3 aromatic rings. The third-order valence-electron chi connectivity index (χ3n) is 4.46. The van der Waals surface area contributed by atoms with Gasteiger partial charge >= 0.3 is 0 Å². The molecule has 2 heterocycles. The highest BCUT2D eigenvalue weighted by molar-refractivity contribution is 7.99. The highest BCUT2D eigenvalue weighted by Crippen LogP contribution is 2.33. The minimum atomic E-state index is -0.358. The summed E-state index contributed by atoms with van der Waals surface area (Å²) in [5.41, 5.74) is 1.13. The fourth-order valence-electron chi connectivity index (χ4n) is 2.88. The average molecular weight is 518 g/mol. The second kappa shape index (κ2) is 12.2. The van der Waals surface area contributed by atoms with Crippen molar-refractivity contribution >= 4 is 46.3 Å². The van der Waals surface area contributed by atoms with Crippen LogP contribution in [0.2, 0.25) is 10.0 Å². The van der Waals surface area contributed by atoms with Crippen LogP contribution in [0.5, 0.6) is 5.19 Å². The third kappa shape index (κ3) is 7.08. The number of ether oxygens (including phenoxy) is 3. The van der Waals surface area contributed by atoms with Gasteiger partial charge in [-0.2, -0.15) is 5.10 Å². The Morgan fingerprint density at radius 1 is 1.28 bits per heavy atom. The molecule has 32 heavy (non-hydrogen) atoms. The van der Waals surface area contributed by atoms with E-state index < -0.39 is 0 Å². The van der Waals surface area contributed by atoms with Gasteiger partial charge in [-0.25, -0.2) is 4.98 Å². The van der Waals surface area contributed by atoms with E-state index in [9.17, 15) is 5.11 Å². The van der Waals surface area contributed by atoms with Crippen molar-refractivity contribution < 1.29 is 19.3 Å². The highest BCUT2D eigenvalue weighted by Gasteiger charge is 2.27. The third-order valence-corrected chi connectivity index (χ3v) is 7.02. The maximum absolute atomic E-state index is 9.51. The van der Waals surface area contributed by atoms with E-state index in [2.05, 4.69) is 10.1 Å². The summed E-state index contributed by atoms with van der Waals surface area (Å²) in [5.74, 6) is 0. The second-order valence-electron chi connectivity index (χ2n) is 6.91. The lowest BCUT2D eigenvalue weighted by molar-refractivity contribution is -0.0710. The summed E-state index contributed by atoms with van der Waals surface area (Å²) < 4.78 is 19.4. The Hall–Kier alpha value is -1.33. The summed E-state index contributed by atoms with van der Waals surface area (Å²) in [6.45, 7) is 5.46. The van der Waals surface area contributed by atoms with E-state index in [1.807, 2.05) is 32.2 Å². The summed E-state index contributed by atoms with van der Waals surface area (Å²) in [7, 11) is 1.65. The largest absolute Gasteiger partial charge is 0.486 e. The molecule has 7 nitrogen and oxygen atoms in total. The lowest BCUT2D eigenvalue weighted by atomic mass is 10.3. The first-order valence-electron chi connectivity index (χ1n) is 9.94. The van der Waals surface area contributed by atoms with Crippen LogP contribution in [0.15, 0.2) is 40.9 Å². The van der Waals surface area contributed by atoms with Gasteiger partial charge in [-0.15, -0.1) is 0 Å². The van der Waals surface area contributed by atoms with E-state index in [1.165, 1.54) is 23.1 Å². The van der Waals surface area contributed by atoms with Crippen molar-refractivity contribution in [2.75, 3.05) is 20.3 Å². The highest BCUT2D eigenvalue weighted by atomic mass is 35.5. The minimum absolute atomic E-state index is 0.0253. The first-order chi connectivity index (χ1) is 15.4. The number of methoxy groups -OCH3 is 1. The standard InChI is InChI=1S/C21H25Cl2N3O4S2/c1-4-29-11-13(2)30-20(32-15-5-6-16(22)17(23)7-15)19(28-3)10-26-9-14(8-24-26)18-12-31-21(27)25-18/h5-9,12-13,19-20H,4,10-11H2,1-3H3,(H,25,27)/t13?,19-,20?/m0/s1. The molecule has 11 heteroatoms. The Labute approximate surface area is 205 Å². The summed E-state index contributed by atoms with van der Waals surface area (Å²) >= 11 is 14.9. The van der Waals surface area contributed by atoms with Crippen LogP contribution in [0, 0.1) is 0 Å². The monoisotopic (exact) mass is 517 g/mol. The zero-order valence-electron chi connectivity index (χ0n) is 17.9. The van der Waals surface area contributed by atoms with Crippen LogP contribution in [0.3, 0.4) is 0 Å². The van der Waals surface area contributed by atoms with Gasteiger partial charge in [0.05, 0.1) is 41.2 Å². The molecule has 0 saturated carbocycles. The van der Waals surface area contributed by atoms with Crippen molar-refractivity contribution in [1.29, 1.82) is 0 Å². The van der Waals surface area contributed by atoms with Gasteiger partial charge in [-0.05, 0) is 32.0 Å². The molecule has 0 bridgehead atoms. The van der Waals surface area contributed by atoms with Crippen LogP contribution in [-0.4, -0.2) is 57.8 Å². The Morgan fingerprint density at radius 3 is 2.75 bits per heavy atom. The van der Waals surface area contributed by atoms with Crippen molar-refractivity contribution in [2.45, 2.75) is 42.9 Å². The predicted octanol–water partition coefficient (Wildman–Crippen LogP) is 5.59. The van der Waals surface area contributed by atoms with Gasteiger partial charge in [0.25, 0.3) is 5.19 Å². The van der Waals surface area contributed by atoms with Gasteiger partial charge in [0.2, 0.25) is 0 Å². The van der Waals surface area contributed by atoms with Crippen molar-refractivity contribution in [2.24, 2.45) is 0 Å². The predicted molar refractivity (Wildman–Crippen MR) is 129 cm³/mol. The summed E-state index contributed by atoms with van der Waals surface area (Å²) in [5, 5.41) is 16.7. The molecule has 3 rings (SSSR count). The molecule has 1 N–H and O–H groups in total. The molecule has 1 aromatic carbocycles. The summed E-state index contributed by atoms with van der Waals surface area (Å²) in [4.78, 5) is 5.00. The molecule has 0 fully saturated rings. The molecule has 2 unspecified atom stereocenters. The van der Waals surface area contributed by atoms with Crippen LogP contribution in [0.1, 0.15) is 13.8 Å². The number of hydrogen-bond donors (Lipinski definition) is 1. The smallest absolute Gasteiger partial charge is 0.271 e. The maximum Gasteiger partial charge on any atom is 0.271 e. The minimum Gasteiger partial charge on any atom is -0.486 e. The number of nitrogens with zero attached hydrogens (tertiary/aromatic N) is 3. The molecule has 0 amide bonds. The van der Waals surface area contributed by atoms with Crippen molar-refractivity contribution in [1.82, 2.24) is 14.8 Å². The molecule has 2 aromatic heterocycles. The van der Waals surface area contributed by atoms with E-state index in [-0.39, 0.29) is 22.8 Å². The lowest BCUT2D eigenvalue weighted by Crippen LogP contribution is -2.36. The van der Waals surface area contributed by atoms with E-state index in [1.54, 1.807) is 29.4 Å². The van der Waals surface area contributed by atoms with Gasteiger partial charge < -0.3 is 19.3 Å². The normalized spacial score (nSPS) is 14.4. The van der Waals surface area contributed by atoms with E-state index in [0.29, 0.717) is 35.5 Å². The topological polar surface area (TPSA) is 78.6 Å². The average Bonchev–Trinajstić information content (AvgIpc) is 3.41. The number of aromatic nitrogens is 3. The number of thiazole rings is 1. The molecule has 0 aliphatic heterocycles. The van der Waals surface area contributed by atoms with E-state index in [0.717, 1.165) is 10.5 Å². The number of thioether (sulfide) groups is 1. The first-order valence-corrected chi connectivity index (χ1v) is 12.5. The molecule has 0 radical (unpaired) electrons. The van der Waals surface area contributed by atoms with E-state index >= 15 is 0 Å². The molecular formula is C21H25Cl2N3O4S2.